The van der Waals surface area contributed by atoms with Crippen LogP contribution in [0, 0.1) is 6.92 Å². The molecule has 25 heavy (non-hydrogen) atoms. The molecule has 3 N–H and O–H groups in total. The smallest absolute Gasteiger partial charge is 0.251 e. The van der Waals surface area contributed by atoms with Crippen molar-refractivity contribution in [3.05, 3.63) is 59.2 Å². The van der Waals surface area contributed by atoms with Crippen LogP contribution in [0.2, 0.25) is 0 Å². The van der Waals surface area contributed by atoms with Crippen LogP contribution >= 0.6 is 12.4 Å². The Kier molecular flexibility index (Phi) is 8.86. The highest BCUT2D eigenvalue weighted by molar-refractivity contribution is 5.96. The van der Waals surface area contributed by atoms with Crippen LogP contribution in [-0.4, -0.2) is 19.1 Å². The first-order valence-electron chi connectivity index (χ1n) is 8.46. The molecule has 0 bridgehead atoms. The van der Waals surface area contributed by atoms with Crippen LogP contribution in [0.25, 0.3) is 0 Å². The third-order valence-electron chi connectivity index (χ3n) is 3.90. The Morgan fingerprint density at radius 2 is 1.88 bits per heavy atom. The van der Waals surface area contributed by atoms with Crippen molar-refractivity contribution in [3.63, 3.8) is 0 Å². The van der Waals surface area contributed by atoms with E-state index in [1.807, 2.05) is 37.3 Å². The number of unbranched alkanes of at least 4 members (excludes halogenated alkanes) is 1. The second-order valence-corrected chi connectivity index (χ2v) is 5.93. The molecule has 0 fully saturated rings. The number of ether oxygens (including phenoxy) is 1. The number of nitrogens with two attached hydrogens (primary N) is 1. The van der Waals surface area contributed by atoms with Gasteiger partial charge >= 0.3 is 0 Å². The van der Waals surface area contributed by atoms with E-state index in [9.17, 15) is 4.79 Å². The van der Waals surface area contributed by atoms with Crippen molar-refractivity contribution in [2.75, 3.05) is 18.9 Å². The lowest BCUT2D eigenvalue weighted by molar-refractivity contribution is 0.0953. The minimum atomic E-state index is -0.0840. The molecule has 4 nitrogen and oxygen atoms in total. The summed E-state index contributed by atoms with van der Waals surface area (Å²) in [7, 11) is 0. The number of halogens is 1. The van der Waals surface area contributed by atoms with Crippen molar-refractivity contribution in [1.82, 2.24) is 5.32 Å². The SMILES string of the molecule is CCCCOc1ccc(CCNC(=O)c2cc(N)ccc2C)cc1.Cl. The number of hydrogen-bond donors (Lipinski definition) is 2. The molecule has 0 unspecified atom stereocenters. The number of amides is 1. The molecule has 2 rings (SSSR count). The minimum Gasteiger partial charge on any atom is -0.494 e. The van der Waals surface area contributed by atoms with Crippen LogP contribution in [-0.2, 0) is 6.42 Å². The molecule has 0 aliphatic carbocycles. The van der Waals surface area contributed by atoms with Gasteiger partial charge in [-0.15, -0.1) is 12.4 Å². The summed E-state index contributed by atoms with van der Waals surface area (Å²) in [6.07, 6.45) is 2.98. The molecule has 0 spiro atoms. The second kappa shape index (κ2) is 10.6. The third-order valence-corrected chi connectivity index (χ3v) is 3.90. The molecule has 2 aromatic carbocycles. The number of benzene rings is 2. The molecule has 0 aliphatic heterocycles. The Morgan fingerprint density at radius 1 is 1.16 bits per heavy atom. The van der Waals surface area contributed by atoms with E-state index in [4.69, 9.17) is 10.5 Å². The lowest BCUT2D eigenvalue weighted by Gasteiger charge is -2.09. The van der Waals surface area contributed by atoms with Gasteiger partial charge in [0.25, 0.3) is 5.91 Å². The molecule has 0 aromatic heterocycles. The van der Waals surface area contributed by atoms with Crippen molar-refractivity contribution < 1.29 is 9.53 Å². The summed E-state index contributed by atoms with van der Waals surface area (Å²) in [5, 5.41) is 2.95. The summed E-state index contributed by atoms with van der Waals surface area (Å²) >= 11 is 0. The molecular weight excluding hydrogens is 336 g/mol. The van der Waals surface area contributed by atoms with Gasteiger partial charge in [0.05, 0.1) is 6.61 Å². The van der Waals surface area contributed by atoms with Gasteiger partial charge in [-0.3, -0.25) is 4.79 Å². The number of aryl methyl sites for hydroxylation is 1. The fourth-order valence-corrected chi connectivity index (χ4v) is 2.39. The minimum absolute atomic E-state index is 0. The molecular formula is C20H27ClN2O2. The number of nitrogen functional groups attached to an aromatic ring is 1. The van der Waals surface area contributed by atoms with E-state index in [1.165, 1.54) is 5.56 Å². The van der Waals surface area contributed by atoms with E-state index in [1.54, 1.807) is 12.1 Å². The van der Waals surface area contributed by atoms with E-state index in [-0.39, 0.29) is 18.3 Å². The van der Waals surface area contributed by atoms with E-state index >= 15 is 0 Å². The molecule has 0 radical (unpaired) electrons. The normalized spacial score (nSPS) is 10.0. The summed E-state index contributed by atoms with van der Waals surface area (Å²) < 4.78 is 5.64. The van der Waals surface area contributed by atoms with E-state index in [2.05, 4.69) is 12.2 Å². The van der Waals surface area contributed by atoms with Crippen LogP contribution < -0.4 is 15.8 Å². The molecule has 0 saturated heterocycles. The molecule has 136 valence electrons. The van der Waals surface area contributed by atoms with Crippen molar-refractivity contribution >= 4 is 24.0 Å². The highest BCUT2D eigenvalue weighted by atomic mass is 35.5. The summed E-state index contributed by atoms with van der Waals surface area (Å²) in [6, 6.07) is 13.4. The summed E-state index contributed by atoms with van der Waals surface area (Å²) in [5.74, 6) is 0.811. The van der Waals surface area contributed by atoms with Gasteiger partial charge < -0.3 is 15.8 Å². The zero-order valence-corrected chi connectivity index (χ0v) is 15.7. The third kappa shape index (κ3) is 6.67. The predicted octanol–water partition coefficient (Wildman–Crippen LogP) is 4.15. The summed E-state index contributed by atoms with van der Waals surface area (Å²) in [6.45, 7) is 5.40. The fraction of sp³-hybridized carbons (Fsp3) is 0.350. The molecule has 0 atom stereocenters. The van der Waals surface area contributed by atoms with Gasteiger partial charge in [-0.2, -0.15) is 0 Å². The highest BCUT2D eigenvalue weighted by Crippen LogP contribution is 2.14. The zero-order chi connectivity index (χ0) is 17.4. The Morgan fingerprint density at radius 3 is 2.56 bits per heavy atom. The van der Waals surface area contributed by atoms with E-state index in [0.717, 1.165) is 37.2 Å². The molecule has 5 heteroatoms. The quantitative estimate of drug-likeness (QED) is 0.547. The predicted molar refractivity (Wildman–Crippen MR) is 106 cm³/mol. The van der Waals surface area contributed by atoms with Gasteiger partial charge in [-0.1, -0.05) is 31.5 Å². The maximum Gasteiger partial charge on any atom is 0.251 e. The van der Waals surface area contributed by atoms with Gasteiger partial charge in [0.1, 0.15) is 5.75 Å². The van der Waals surface area contributed by atoms with E-state index < -0.39 is 0 Å². The van der Waals surface area contributed by atoms with E-state index in [0.29, 0.717) is 17.8 Å². The number of carbonyl (C=O) groups excluding carboxylic acids is 1. The first-order chi connectivity index (χ1) is 11.6. The number of anilines is 1. The van der Waals surface area contributed by atoms with Gasteiger partial charge in [0.2, 0.25) is 0 Å². The van der Waals surface area contributed by atoms with Crippen molar-refractivity contribution in [2.45, 2.75) is 33.1 Å². The molecule has 0 heterocycles. The highest BCUT2D eigenvalue weighted by Gasteiger charge is 2.08. The van der Waals surface area contributed by atoms with Gasteiger partial charge in [0, 0.05) is 17.8 Å². The summed E-state index contributed by atoms with van der Waals surface area (Å²) in [4.78, 5) is 12.2. The van der Waals surface area contributed by atoms with Crippen molar-refractivity contribution in [1.29, 1.82) is 0 Å². The largest absolute Gasteiger partial charge is 0.494 e. The van der Waals surface area contributed by atoms with Crippen LogP contribution in [0.5, 0.6) is 5.75 Å². The van der Waals surface area contributed by atoms with Crippen LogP contribution in [0.3, 0.4) is 0 Å². The Balaban J connectivity index is 0.00000312. The maximum absolute atomic E-state index is 12.2. The van der Waals surface area contributed by atoms with Gasteiger partial charge in [0.15, 0.2) is 0 Å². The Labute approximate surface area is 156 Å². The average molecular weight is 363 g/mol. The lowest BCUT2D eigenvalue weighted by Crippen LogP contribution is -2.26. The standard InChI is InChI=1S/C20H26N2O2.ClH/c1-3-4-13-24-18-9-6-16(7-10-18)11-12-22-20(23)19-14-17(21)8-5-15(19)2;/h5-10,14H,3-4,11-13,21H2,1-2H3,(H,22,23);1H. The zero-order valence-electron chi connectivity index (χ0n) is 14.9. The first-order valence-corrected chi connectivity index (χ1v) is 8.46. The van der Waals surface area contributed by atoms with Crippen LogP contribution in [0.1, 0.15) is 41.3 Å². The maximum atomic E-state index is 12.2. The Hall–Kier alpha value is -2.20. The lowest BCUT2D eigenvalue weighted by atomic mass is 10.1. The fourth-order valence-electron chi connectivity index (χ4n) is 2.39. The van der Waals surface area contributed by atoms with Gasteiger partial charge in [-0.05, 0) is 55.2 Å². The number of nitrogens with one attached hydrogen (secondary N) is 1. The van der Waals surface area contributed by atoms with Gasteiger partial charge in [-0.25, -0.2) is 0 Å². The number of rotatable bonds is 8. The Bertz CT molecular complexity index is 672. The average Bonchev–Trinajstić information content (AvgIpc) is 2.58. The van der Waals surface area contributed by atoms with Crippen molar-refractivity contribution in [3.8, 4) is 5.75 Å². The van der Waals surface area contributed by atoms with Crippen molar-refractivity contribution in [2.24, 2.45) is 0 Å². The first kappa shape index (κ1) is 20.8. The monoisotopic (exact) mass is 362 g/mol. The molecule has 1 amide bonds. The number of hydrogen-bond acceptors (Lipinski definition) is 3. The molecule has 0 saturated carbocycles. The van der Waals surface area contributed by atoms with Crippen LogP contribution in [0.4, 0.5) is 5.69 Å². The summed E-state index contributed by atoms with van der Waals surface area (Å²) in [5.41, 5.74) is 9.08. The topological polar surface area (TPSA) is 64.3 Å². The molecule has 0 aliphatic rings. The number of carbonyl (C=O) groups is 1. The molecule has 2 aromatic rings. The second-order valence-electron chi connectivity index (χ2n) is 5.93. The van der Waals surface area contributed by atoms with Crippen LogP contribution in [0.15, 0.2) is 42.5 Å².